The maximum absolute atomic E-state index is 14.6. The fraction of sp³-hybridized carbons (Fsp3) is 0.532. The Morgan fingerprint density at radius 3 is 2.38 bits per heavy atom. The van der Waals surface area contributed by atoms with E-state index in [2.05, 4.69) is 26.4 Å². The third-order valence-electron chi connectivity index (χ3n) is 13.8. The first kappa shape index (κ1) is 46.3. The lowest BCUT2D eigenvalue weighted by atomic mass is 9.87. The van der Waals surface area contributed by atoms with Crippen LogP contribution in [0.4, 0.5) is 25.0 Å². The topological polar surface area (TPSA) is 205 Å². The highest BCUT2D eigenvalue weighted by atomic mass is 19.3. The van der Waals surface area contributed by atoms with E-state index in [-0.39, 0.29) is 59.5 Å². The van der Waals surface area contributed by atoms with Crippen LogP contribution >= 0.6 is 0 Å². The molecule has 2 aromatic carbocycles. The van der Waals surface area contributed by atoms with Crippen molar-refractivity contribution in [1.82, 2.24) is 40.4 Å². The minimum absolute atomic E-state index is 0.0617. The fourth-order valence-electron chi connectivity index (χ4n) is 10.2. The van der Waals surface area contributed by atoms with Crippen LogP contribution < -0.4 is 26.2 Å². The average molecular weight is 912 g/mol. The number of aromatic nitrogens is 2. The first-order valence-electron chi connectivity index (χ1n) is 23.2. The van der Waals surface area contributed by atoms with Gasteiger partial charge in [0.1, 0.15) is 11.9 Å². The summed E-state index contributed by atoms with van der Waals surface area (Å²) >= 11 is 0. The molecule has 5 aliphatic heterocycles. The van der Waals surface area contributed by atoms with Crippen molar-refractivity contribution in [2.75, 3.05) is 56.5 Å². The second kappa shape index (κ2) is 20.1. The number of likely N-dealkylation sites (tertiary alicyclic amines) is 2. The molecular formula is C47H59F2N11O6. The molecule has 352 valence electrons. The summed E-state index contributed by atoms with van der Waals surface area (Å²) in [5.41, 5.74) is 3.63. The third kappa shape index (κ3) is 9.81. The van der Waals surface area contributed by atoms with Crippen LogP contribution in [0.1, 0.15) is 109 Å². The lowest BCUT2D eigenvalue weighted by molar-refractivity contribution is -0.136. The summed E-state index contributed by atoms with van der Waals surface area (Å²) in [7, 11) is 3.34. The van der Waals surface area contributed by atoms with Gasteiger partial charge in [-0.05, 0) is 92.8 Å². The molecule has 66 heavy (non-hydrogen) atoms. The van der Waals surface area contributed by atoms with Crippen molar-refractivity contribution >= 4 is 52.8 Å². The molecule has 17 nitrogen and oxygen atoms in total. The number of urea groups is 1. The molecule has 0 spiro atoms. The maximum Gasteiger partial charge on any atom is 0.317 e. The number of fused-ring (bicyclic) bond motifs is 2. The normalized spacial score (nSPS) is 21.3. The van der Waals surface area contributed by atoms with Crippen molar-refractivity contribution in [3.8, 4) is 11.1 Å². The van der Waals surface area contributed by atoms with Crippen molar-refractivity contribution in [1.29, 1.82) is 5.41 Å². The molecule has 5 N–H and O–H groups in total. The molecule has 3 atom stereocenters. The zero-order valence-corrected chi connectivity index (χ0v) is 37.5. The van der Waals surface area contributed by atoms with Gasteiger partial charge in [-0.3, -0.25) is 44.3 Å². The van der Waals surface area contributed by atoms with Crippen LogP contribution in [0.3, 0.4) is 0 Å². The lowest BCUT2D eigenvalue weighted by Gasteiger charge is -2.45. The molecule has 3 fully saturated rings. The number of carbonyl (C=O) groups excluding carboxylic acids is 6. The van der Waals surface area contributed by atoms with E-state index in [0.29, 0.717) is 86.9 Å². The third-order valence-corrected chi connectivity index (χ3v) is 13.8. The summed E-state index contributed by atoms with van der Waals surface area (Å²) in [4.78, 5) is 82.7. The second-order valence-corrected chi connectivity index (χ2v) is 18.0. The fourth-order valence-corrected chi connectivity index (χ4v) is 10.2. The molecule has 0 saturated carbocycles. The largest absolute Gasteiger partial charge is 0.385 e. The Labute approximate surface area is 382 Å². The minimum atomic E-state index is -2.72. The Morgan fingerprint density at radius 2 is 1.65 bits per heavy atom. The Kier molecular flexibility index (Phi) is 14.1. The number of rotatable bonds is 14. The van der Waals surface area contributed by atoms with Crippen molar-refractivity contribution in [2.24, 2.45) is 13.0 Å². The number of halogens is 2. The van der Waals surface area contributed by atoms with E-state index < -0.39 is 36.1 Å². The Hall–Kier alpha value is -6.24. The molecule has 3 saturated heterocycles. The van der Waals surface area contributed by atoms with Crippen LogP contribution in [-0.4, -0.2) is 130 Å². The molecule has 0 aliphatic carbocycles. The molecule has 1 aromatic heterocycles. The monoisotopic (exact) mass is 911 g/mol. The van der Waals surface area contributed by atoms with Gasteiger partial charge in [0.05, 0.1) is 17.3 Å². The quantitative estimate of drug-likeness (QED) is 0.0645. The average Bonchev–Trinajstić information content (AvgIpc) is 3.86. The zero-order chi connectivity index (χ0) is 46.6. The van der Waals surface area contributed by atoms with Gasteiger partial charge in [-0.1, -0.05) is 12.8 Å². The Bertz CT molecular complexity index is 2380. The zero-order valence-electron chi connectivity index (χ0n) is 37.5. The van der Waals surface area contributed by atoms with E-state index in [1.165, 1.54) is 6.07 Å². The highest BCUT2D eigenvalue weighted by Gasteiger charge is 2.45. The maximum atomic E-state index is 14.6. The number of benzene rings is 2. The molecular weight excluding hydrogens is 853 g/mol. The number of unbranched alkanes of at least 4 members (excludes halogenated alkanes) is 3. The van der Waals surface area contributed by atoms with Gasteiger partial charge in [0.2, 0.25) is 17.7 Å². The lowest BCUT2D eigenvalue weighted by Crippen LogP contribution is -2.60. The van der Waals surface area contributed by atoms with Crippen LogP contribution in [0, 0.1) is 11.3 Å². The summed E-state index contributed by atoms with van der Waals surface area (Å²) in [6.07, 6.45) is 8.19. The minimum Gasteiger partial charge on any atom is -0.385 e. The van der Waals surface area contributed by atoms with E-state index in [1.54, 1.807) is 54.3 Å². The van der Waals surface area contributed by atoms with Gasteiger partial charge >= 0.3 is 6.03 Å². The van der Waals surface area contributed by atoms with Gasteiger partial charge < -0.3 is 30.7 Å². The number of anilines is 2. The van der Waals surface area contributed by atoms with Gasteiger partial charge in [0.25, 0.3) is 18.2 Å². The number of aryl methyl sites for hydroxylation is 2. The number of alkyl halides is 2. The van der Waals surface area contributed by atoms with Crippen LogP contribution in [0.2, 0.25) is 0 Å². The molecule has 7 amide bonds. The van der Waals surface area contributed by atoms with E-state index in [9.17, 15) is 43.0 Å². The van der Waals surface area contributed by atoms with Crippen molar-refractivity contribution in [2.45, 2.75) is 102 Å². The summed E-state index contributed by atoms with van der Waals surface area (Å²) in [5.74, 6) is -2.10. The predicted octanol–water partition coefficient (Wildman–Crippen LogP) is 4.83. The van der Waals surface area contributed by atoms with Crippen LogP contribution in [0.15, 0.2) is 42.7 Å². The highest BCUT2D eigenvalue weighted by molar-refractivity contribution is 6.23. The number of carbonyl (C=O) groups is 6. The molecule has 8 rings (SSSR count). The van der Waals surface area contributed by atoms with Crippen molar-refractivity contribution in [3.05, 3.63) is 65.0 Å². The smallest absolute Gasteiger partial charge is 0.317 e. The van der Waals surface area contributed by atoms with Gasteiger partial charge in [-0.2, -0.15) is 5.10 Å². The number of nitrogens with zero attached hydrogens (tertiary/aromatic N) is 6. The van der Waals surface area contributed by atoms with Gasteiger partial charge in [-0.25, -0.2) is 13.6 Å². The first-order chi connectivity index (χ1) is 31.8. The molecule has 0 bridgehead atoms. The summed E-state index contributed by atoms with van der Waals surface area (Å²) in [5, 5.41) is 25.8. The van der Waals surface area contributed by atoms with Gasteiger partial charge in [0, 0.05) is 113 Å². The summed E-state index contributed by atoms with van der Waals surface area (Å²) in [6, 6.07) is 7.07. The number of hydrogen-bond acceptors (Lipinski definition) is 10. The Balaban J connectivity index is 0.793. The number of amides is 7. The van der Waals surface area contributed by atoms with E-state index in [1.807, 2.05) is 15.9 Å². The predicted molar refractivity (Wildman–Crippen MR) is 242 cm³/mol. The van der Waals surface area contributed by atoms with E-state index in [4.69, 9.17) is 0 Å². The van der Waals surface area contributed by atoms with E-state index >= 15 is 0 Å². The molecule has 19 heteroatoms. The van der Waals surface area contributed by atoms with Crippen molar-refractivity contribution in [3.63, 3.8) is 0 Å². The van der Waals surface area contributed by atoms with Gasteiger partial charge in [0.15, 0.2) is 0 Å². The van der Waals surface area contributed by atoms with E-state index in [0.717, 1.165) is 55.4 Å². The number of hydrogen-bond donors (Lipinski definition) is 5. The van der Waals surface area contributed by atoms with Crippen LogP contribution in [-0.2, 0) is 27.9 Å². The Morgan fingerprint density at radius 1 is 0.894 bits per heavy atom. The van der Waals surface area contributed by atoms with Crippen LogP contribution in [0.5, 0.6) is 0 Å². The molecule has 6 heterocycles. The standard InChI is InChI=1S/C47H59F2N11O6/c1-51-47(66)58-21-16-37(36(27-58)43(50)59-18-7-8-28-22-33(29-25-53-56(2)26-29)34(42(48)49)24-39(28)59)54-30-14-19-57(20-15-30)41(62)9-5-3-4-6-17-52-31-10-11-32-35(23-31)46(65)60(45(32)64)38-12-13-40(61)55-44(38)63/h10-11,22-26,30,36-38,42,50,52,54H,3-9,12-21,27H2,1-2H3,(H,51,66)(H,55,61,63). The molecule has 3 unspecified atom stereocenters. The summed E-state index contributed by atoms with van der Waals surface area (Å²) in [6.45, 7) is 3.22. The van der Waals surface area contributed by atoms with Crippen LogP contribution in [0.25, 0.3) is 11.1 Å². The first-order valence-corrected chi connectivity index (χ1v) is 23.2. The highest BCUT2D eigenvalue weighted by Crippen LogP contribution is 2.40. The number of piperidine rings is 3. The molecule has 3 aromatic rings. The summed E-state index contributed by atoms with van der Waals surface area (Å²) < 4.78 is 30.8. The molecule has 5 aliphatic rings. The SMILES string of the molecule is CNC(=O)N1CCC(NC2CCN(C(=O)CCCCCCNc3ccc4c(c3)C(=O)N(C3CCC(=O)NC3=O)C4=O)CC2)C(C(=N)N2CCCc3cc(-c4cnn(C)c4)c(C(F)F)cc32)C1. The van der Waals surface area contributed by atoms with Gasteiger partial charge in [-0.15, -0.1) is 0 Å². The number of amidine groups is 1. The molecule has 0 radical (unpaired) electrons. The number of imide groups is 2. The number of nitrogens with one attached hydrogen (secondary N) is 5. The van der Waals surface area contributed by atoms with Crippen molar-refractivity contribution < 1.29 is 37.5 Å². The second-order valence-electron chi connectivity index (χ2n) is 18.0.